The molecule has 0 saturated heterocycles. The molecule has 0 N–H and O–H groups in total. The zero-order valence-corrected chi connectivity index (χ0v) is 49.0. The first-order valence-electron chi connectivity index (χ1n) is 27.2. The normalized spacial score (nSPS) is 12.7. The molecule has 0 unspecified atom stereocenters. The standard InChI is InChI=1S/C73H65N4O.Pt/c1-48-40-69(74-46-64(48)51-22-15-12-16-23-51)77-65-39-32-53(49-28-33-54(34-29-49)71(2,3)4)41-63(65)62-38-37-58(45-68(62)77)78-59-43-56(73(8,9)10)42-57(44-59)75-47-76(67-27-18-17-26-66(67)75)70-60(50-20-13-11-14-21-50)24-19-25-61(70)52-30-35-55(36-31-52)72(5,6)7;/h11-43,46-47H,1-10H3;/q-3;. The van der Waals surface area contributed by atoms with Crippen molar-refractivity contribution in [3.63, 3.8) is 0 Å². The van der Waals surface area contributed by atoms with E-state index in [0.29, 0.717) is 11.5 Å². The minimum absolute atomic E-state index is 0. The van der Waals surface area contributed by atoms with E-state index in [1.165, 1.54) is 16.7 Å². The Morgan fingerprint density at radius 1 is 0.443 bits per heavy atom. The molecule has 5 nitrogen and oxygen atoms in total. The number of hydrogen-bond acceptors (Lipinski definition) is 4. The number of fused-ring (bicyclic) bond motifs is 4. The topological polar surface area (TPSA) is 33.5 Å². The average Bonchev–Trinajstić information content (AvgIpc) is 4.24. The van der Waals surface area contributed by atoms with Crippen LogP contribution in [0.1, 0.15) is 84.6 Å². The molecule has 396 valence electrons. The molecule has 0 atom stereocenters. The summed E-state index contributed by atoms with van der Waals surface area (Å²) in [7, 11) is 0. The van der Waals surface area contributed by atoms with Gasteiger partial charge in [0.2, 0.25) is 0 Å². The average molecular weight is 1210 g/mol. The molecular formula is C73H65N4OPt-3. The van der Waals surface area contributed by atoms with E-state index >= 15 is 0 Å². The molecule has 0 amide bonds. The molecule has 1 aliphatic rings. The first-order chi connectivity index (χ1) is 37.5. The second-order valence-corrected chi connectivity index (χ2v) is 23.9. The van der Waals surface area contributed by atoms with E-state index in [1.54, 1.807) is 0 Å². The Hall–Kier alpha value is -7.98. The van der Waals surface area contributed by atoms with Crippen molar-refractivity contribution in [2.75, 3.05) is 9.80 Å². The molecule has 0 spiro atoms. The maximum absolute atomic E-state index is 7.03. The Labute approximate surface area is 481 Å². The number of benzene rings is 9. The van der Waals surface area contributed by atoms with Gasteiger partial charge >= 0.3 is 0 Å². The minimum atomic E-state index is -0.215. The van der Waals surface area contributed by atoms with Crippen LogP contribution in [-0.4, -0.2) is 9.55 Å². The molecule has 12 rings (SSSR count). The van der Waals surface area contributed by atoms with Crippen molar-refractivity contribution in [1.29, 1.82) is 0 Å². The molecular weight excluding hydrogens is 1140 g/mol. The number of ether oxygens (including phenoxy) is 1. The van der Waals surface area contributed by atoms with Crippen molar-refractivity contribution in [3.05, 3.63) is 247 Å². The van der Waals surface area contributed by atoms with Crippen LogP contribution in [-0.2, 0) is 37.3 Å². The van der Waals surface area contributed by atoms with Crippen molar-refractivity contribution in [1.82, 2.24) is 9.55 Å². The van der Waals surface area contributed by atoms with Gasteiger partial charge < -0.3 is 19.1 Å². The van der Waals surface area contributed by atoms with E-state index in [-0.39, 0.29) is 37.3 Å². The molecule has 0 fully saturated rings. The Balaban J connectivity index is 0.00000660. The summed E-state index contributed by atoms with van der Waals surface area (Å²) in [5.74, 6) is 2.01. The van der Waals surface area contributed by atoms with Gasteiger partial charge in [-0.25, -0.2) is 4.98 Å². The second-order valence-electron chi connectivity index (χ2n) is 23.9. The summed E-state index contributed by atoms with van der Waals surface area (Å²) in [6.45, 7) is 24.7. The maximum atomic E-state index is 7.03. The molecule has 11 aromatic rings. The fourth-order valence-electron chi connectivity index (χ4n) is 10.9. The zero-order chi connectivity index (χ0) is 54.1. The molecule has 3 heterocycles. The van der Waals surface area contributed by atoms with Gasteiger partial charge in [0.1, 0.15) is 5.82 Å². The smallest absolute Gasteiger partial charge is 0.135 e. The van der Waals surface area contributed by atoms with Gasteiger partial charge in [-0.05, 0) is 97.3 Å². The SMILES string of the molecule is Cc1cc(-n2c3[c-]c(Oc4[c-]c(N5[CH-]N(c6c(-c7ccccc7)cccc6-c6ccc(C(C)(C)C)cc6)c6ccccc65)cc(C(C)(C)C)c4)ccc3c3cc(-c4ccc(C(C)(C)C)cc4)ccc32)ncc1-c1ccccc1.[Pt]. The zero-order valence-electron chi connectivity index (χ0n) is 46.7. The number of para-hydroxylation sites is 3. The molecule has 2 aromatic heterocycles. The molecule has 0 aliphatic carbocycles. The van der Waals surface area contributed by atoms with Crippen molar-refractivity contribution in [3.8, 4) is 61.8 Å². The van der Waals surface area contributed by atoms with E-state index in [2.05, 4.69) is 290 Å². The van der Waals surface area contributed by atoms with E-state index in [4.69, 9.17) is 9.72 Å². The van der Waals surface area contributed by atoms with Crippen molar-refractivity contribution >= 4 is 44.6 Å². The van der Waals surface area contributed by atoms with E-state index in [1.807, 2.05) is 18.3 Å². The van der Waals surface area contributed by atoms with Crippen molar-refractivity contribution in [2.45, 2.75) is 85.5 Å². The number of pyridine rings is 1. The van der Waals surface area contributed by atoms with Crippen LogP contribution in [0, 0.1) is 25.7 Å². The summed E-state index contributed by atoms with van der Waals surface area (Å²) in [5, 5.41) is 2.18. The molecule has 0 radical (unpaired) electrons. The van der Waals surface area contributed by atoms with Crippen molar-refractivity contribution < 1.29 is 25.8 Å². The number of nitrogens with zero attached hydrogens (tertiary/aromatic N) is 4. The molecule has 0 saturated carbocycles. The van der Waals surface area contributed by atoms with Crippen LogP contribution in [0.4, 0.5) is 22.7 Å². The molecule has 9 aromatic carbocycles. The van der Waals surface area contributed by atoms with Gasteiger partial charge in [0.05, 0.1) is 0 Å². The summed E-state index contributed by atoms with van der Waals surface area (Å²) < 4.78 is 9.26. The number of rotatable bonds is 9. The Bertz CT molecular complexity index is 4030. The van der Waals surface area contributed by atoms with Crippen LogP contribution >= 0.6 is 0 Å². The summed E-state index contributed by atoms with van der Waals surface area (Å²) in [6.07, 6.45) is 2.00. The molecule has 1 aliphatic heterocycles. The van der Waals surface area contributed by atoms with Gasteiger partial charge in [0, 0.05) is 78.0 Å². The molecule has 0 bridgehead atoms. The minimum Gasteiger partial charge on any atom is -0.509 e. The number of aryl methyl sites for hydroxylation is 1. The Morgan fingerprint density at radius 2 is 0.987 bits per heavy atom. The van der Waals surface area contributed by atoms with Gasteiger partial charge in [-0.3, -0.25) is 0 Å². The van der Waals surface area contributed by atoms with Crippen LogP contribution in [0.15, 0.2) is 206 Å². The second kappa shape index (κ2) is 20.7. The summed E-state index contributed by atoms with van der Waals surface area (Å²) in [5.41, 5.74) is 20.0. The first-order valence-corrected chi connectivity index (χ1v) is 27.2. The van der Waals surface area contributed by atoms with Crippen LogP contribution in [0.5, 0.6) is 11.5 Å². The van der Waals surface area contributed by atoms with Gasteiger partial charge in [-0.15, -0.1) is 53.6 Å². The van der Waals surface area contributed by atoms with Gasteiger partial charge in [0.25, 0.3) is 0 Å². The van der Waals surface area contributed by atoms with Gasteiger partial charge in [-0.1, -0.05) is 219 Å². The predicted molar refractivity (Wildman–Crippen MR) is 327 cm³/mol. The molecule has 79 heavy (non-hydrogen) atoms. The quantitative estimate of drug-likeness (QED) is 0.135. The third kappa shape index (κ3) is 10.2. The third-order valence-electron chi connectivity index (χ3n) is 15.4. The van der Waals surface area contributed by atoms with E-state index < -0.39 is 0 Å². The Kier molecular flexibility index (Phi) is 13.9. The molecule has 6 heteroatoms. The number of anilines is 4. The Morgan fingerprint density at radius 3 is 1.58 bits per heavy atom. The third-order valence-corrected chi connectivity index (χ3v) is 15.4. The van der Waals surface area contributed by atoms with Crippen LogP contribution in [0.2, 0.25) is 0 Å². The monoisotopic (exact) mass is 1210 g/mol. The largest absolute Gasteiger partial charge is 0.509 e. The maximum Gasteiger partial charge on any atom is 0.135 e. The van der Waals surface area contributed by atoms with Crippen LogP contribution in [0.3, 0.4) is 0 Å². The summed E-state index contributed by atoms with van der Waals surface area (Å²) in [4.78, 5) is 9.79. The number of hydrogen-bond donors (Lipinski definition) is 0. The van der Waals surface area contributed by atoms with Gasteiger partial charge in [0.15, 0.2) is 0 Å². The fourth-order valence-corrected chi connectivity index (χ4v) is 10.9. The van der Waals surface area contributed by atoms with E-state index in [0.717, 1.165) is 100 Å². The van der Waals surface area contributed by atoms with Crippen LogP contribution in [0.25, 0.3) is 72.1 Å². The van der Waals surface area contributed by atoms with Crippen LogP contribution < -0.4 is 14.5 Å². The fraction of sp³-hybridized carbons (Fsp3) is 0.178. The number of aromatic nitrogens is 2. The van der Waals surface area contributed by atoms with Crippen molar-refractivity contribution in [2.24, 2.45) is 0 Å². The summed E-state index contributed by atoms with van der Waals surface area (Å²) >= 11 is 0. The van der Waals surface area contributed by atoms with E-state index in [9.17, 15) is 0 Å². The predicted octanol–water partition coefficient (Wildman–Crippen LogP) is 19.8. The first kappa shape index (κ1) is 53.0. The van der Waals surface area contributed by atoms with Gasteiger partial charge in [-0.2, -0.15) is 6.07 Å². The summed E-state index contributed by atoms with van der Waals surface area (Å²) in [6, 6.07) is 79.7.